The third kappa shape index (κ3) is 3.16. The highest BCUT2D eigenvalue weighted by Gasteiger charge is 2.24. The monoisotopic (exact) mass is 249 g/mol. The van der Waals surface area contributed by atoms with Gasteiger partial charge in [-0.15, -0.1) is 11.3 Å². The highest BCUT2D eigenvalue weighted by atomic mass is 35.5. The zero-order valence-electron chi connectivity index (χ0n) is 9.12. The van der Waals surface area contributed by atoms with Crippen LogP contribution >= 0.6 is 22.9 Å². The molecule has 1 N–H and O–H groups in total. The van der Waals surface area contributed by atoms with Crippen LogP contribution in [0, 0.1) is 0 Å². The van der Waals surface area contributed by atoms with E-state index in [2.05, 4.69) is 5.32 Å². The van der Waals surface area contributed by atoms with Gasteiger partial charge in [0.2, 0.25) is 0 Å². The average Bonchev–Trinajstić information content (AvgIpc) is 2.65. The molecule has 0 amide bonds. The Morgan fingerprint density at radius 2 is 2.13 bits per heavy atom. The first-order valence-electron chi connectivity index (χ1n) is 4.76. The summed E-state index contributed by atoms with van der Waals surface area (Å²) in [5.74, 6) is 0. The Hall–Kier alpha value is -0.130. The Balaban J connectivity index is 2.86. The molecule has 1 heterocycles. The van der Waals surface area contributed by atoms with E-state index in [0.717, 1.165) is 16.4 Å². The molecule has 0 fully saturated rings. The lowest BCUT2D eigenvalue weighted by Gasteiger charge is -2.24. The molecule has 86 valence electrons. The normalized spacial score (nSPS) is 13.4. The van der Waals surface area contributed by atoms with Crippen LogP contribution < -0.4 is 5.32 Å². The van der Waals surface area contributed by atoms with Gasteiger partial charge in [-0.25, -0.2) is 0 Å². The van der Waals surface area contributed by atoms with Gasteiger partial charge in [-0.3, -0.25) is 0 Å². The number of nitrogens with one attached hydrogen (secondary N) is 1. The van der Waals surface area contributed by atoms with E-state index < -0.39 is 0 Å². The van der Waals surface area contributed by atoms with Gasteiger partial charge in [0.15, 0.2) is 6.29 Å². The summed E-state index contributed by atoms with van der Waals surface area (Å²) >= 11 is 7.69. The number of thiophene rings is 1. The van der Waals surface area contributed by atoms with Gasteiger partial charge in [-0.05, 0) is 18.0 Å². The van der Waals surface area contributed by atoms with Gasteiger partial charge in [-0.2, -0.15) is 0 Å². The Bertz CT molecular complexity index is 289. The molecule has 1 atom stereocenters. The Morgan fingerprint density at radius 3 is 2.53 bits per heavy atom. The minimum absolute atomic E-state index is 0.0162. The fraction of sp³-hybridized carbons (Fsp3) is 0.600. The topological polar surface area (TPSA) is 30.5 Å². The van der Waals surface area contributed by atoms with Crippen LogP contribution in [-0.4, -0.2) is 27.1 Å². The largest absolute Gasteiger partial charge is 0.354 e. The van der Waals surface area contributed by atoms with E-state index in [4.69, 9.17) is 21.1 Å². The maximum Gasteiger partial charge on any atom is 0.177 e. The van der Waals surface area contributed by atoms with E-state index in [1.165, 1.54) is 0 Å². The number of methoxy groups -OCH3 is 2. The summed E-state index contributed by atoms with van der Waals surface area (Å²) in [6.45, 7) is 2.87. The van der Waals surface area contributed by atoms with Crippen molar-refractivity contribution in [1.29, 1.82) is 0 Å². The van der Waals surface area contributed by atoms with Gasteiger partial charge >= 0.3 is 0 Å². The second-order valence-electron chi connectivity index (χ2n) is 3.01. The minimum atomic E-state index is -0.318. The highest BCUT2D eigenvalue weighted by molar-refractivity contribution is 7.10. The SMILES string of the molecule is CCNC(c1sccc1Cl)C(OC)OC. The second kappa shape index (κ2) is 6.45. The number of rotatable bonds is 6. The molecule has 0 aliphatic rings. The van der Waals surface area contributed by atoms with Crippen molar-refractivity contribution in [2.45, 2.75) is 19.3 Å². The van der Waals surface area contributed by atoms with E-state index in [1.54, 1.807) is 25.6 Å². The standard InChI is InChI=1S/C10H16ClNO2S/c1-4-12-8(10(13-2)14-3)9-7(11)5-6-15-9/h5-6,8,10,12H,4H2,1-3H3. The Kier molecular flexibility index (Phi) is 5.56. The lowest BCUT2D eigenvalue weighted by molar-refractivity contribution is -0.123. The maximum absolute atomic E-state index is 6.09. The molecule has 15 heavy (non-hydrogen) atoms. The van der Waals surface area contributed by atoms with E-state index in [0.29, 0.717) is 0 Å². The summed E-state index contributed by atoms with van der Waals surface area (Å²) in [6.07, 6.45) is -0.318. The smallest absolute Gasteiger partial charge is 0.177 e. The molecule has 0 bridgehead atoms. The third-order valence-corrected chi connectivity index (χ3v) is 3.53. The van der Waals surface area contributed by atoms with E-state index in [1.807, 2.05) is 18.4 Å². The fourth-order valence-corrected chi connectivity index (χ4v) is 2.69. The van der Waals surface area contributed by atoms with Crippen molar-refractivity contribution in [3.63, 3.8) is 0 Å². The van der Waals surface area contributed by atoms with Crippen LogP contribution in [0.15, 0.2) is 11.4 Å². The molecule has 3 nitrogen and oxygen atoms in total. The number of ether oxygens (including phenoxy) is 2. The summed E-state index contributed by atoms with van der Waals surface area (Å²) in [6, 6.07) is 1.87. The second-order valence-corrected chi connectivity index (χ2v) is 4.36. The summed E-state index contributed by atoms with van der Waals surface area (Å²) in [4.78, 5) is 1.05. The quantitative estimate of drug-likeness (QED) is 0.787. The molecule has 1 aromatic heterocycles. The summed E-state index contributed by atoms with van der Waals surface area (Å²) in [5.41, 5.74) is 0. The van der Waals surface area contributed by atoms with Crippen LogP contribution in [0.1, 0.15) is 17.8 Å². The highest BCUT2D eigenvalue weighted by Crippen LogP contribution is 2.31. The lowest BCUT2D eigenvalue weighted by Crippen LogP contribution is -2.34. The molecular weight excluding hydrogens is 234 g/mol. The molecule has 0 aromatic carbocycles. The summed E-state index contributed by atoms with van der Waals surface area (Å²) < 4.78 is 10.5. The summed E-state index contributed by atoms with van der Waals surface area (Å²) in [7, 11) is 3.25. The molecule has 0 aliphatic carbocycles. The van der Waals surface area contributed by atoms with Crippen LogP contribution in [0.4, 0.5) is 0 Å². The van der Waals surface area contributed by atoms with Crippen molar-refractivity contribution in [2.24, 2.45) is 0 Å². The van der Waals surface area contributed by atoms with Gasteiger partial charge in [0.1, 0.15) is 0 Å². The van der Waals surface area contributed by atoms with Gasteiger partial charge in [0, 0.05) is 19.1 Å². The van der Waals surface area contributed by atoms with Gasteiger partial charge in [0.05, 0.1) is 11.1 Å². The Morgan fingerprint density at radius 1 is 1.47 bits per heavy atom. The van der Waals surface area contributed by atoms with E-state index in [-0.39, 0.29) is 12.3 Å². The number of hydrogen-bond donors (Lipinski definition) is 1. The van der Waals surface area contributed by atoms with Crippen LogP contribution in [-0.2, 0) is 9.47 Å². The first-order valence-corrected chi connectivity index (χ1v) is 6.02. The van der Waals surface area contributed by atoms with E-state index >= 15 is 0 Å². The number of hydrogen-bond acceptors (Lipinski definition) is 4. The molecule has 0 saturated carbocycles. The predicted octanol–water partition coefficient (Wildman–Crippen LogP) is 2.67. The maximum atomic E-state index is 6.09. The van der Waals surface area contributed by atoms with Gasteiger partial charge in [-0.1, -0.05) is 18.5 Å². The van der Waals surface area contributed by atoms with Crippen molar-refractivity contribution in [3.8, 4) is 0 Å². The lowest BCUT2D eigenvalue weighted by atomic mass is 10.2. The van der Waals surface area contributed by atoms with Gasteiger partial charge < -0.3 is 14.8 Å². The Labute approximate surface area is 99.3 Å². The molecular formula is C10H16ClNO2S. The van der Waals surface area contributed by atoms with Crippen LogP contribution in [0.3, 0.4) is 0 Å². The van der Waals surface area contributed by atoms with Crippen molar-refractivity contribution in [2.75, 3.05) is 20.8 Å². The first-order chi connectivity index (χ1) is 7.24. The molecule has 1 unspecified atom stereocenters. The fourth-order valence-electron chi connectivity index (χ4n) is 1.43. The molecule has 0 radical (unpaired) electrons. The summed E-state index contributed by atoms with van der Waals surface area (Å²) in [5, 5.41) is 6.02. The van der Waals surface area contributed by atoms with Crippen LogP contribution in [0.25, 0.3) is 0 Å². The molecule has 1 rings (SSSR count). The zero-order valence-corrected chi connectivity index (χ0v) is 10.7. The van der Waals surface area contributed by atoms with Crippen molar-refractivity contribution < 1.29 is 9.47 Å². The zero-order chi connectivity index (χ0) is 11.3. The third-order valence-electron chi connectivity index (χ3n) is 2.09. The minimum Gasteiger partial charge on any atom is -0.354 e. The van der Waals surface area contributed by atoms with Crippen LogP contribution in [0.2, 0.25) is 5.02 Å². The van der Waals surface area contributed by atoms with Crippen molar-refractivity contribution in [1.82, 2.24) is 5.32 Å². The average molecular weight is 250 g/mol. The van der Waals surface area contributed by atoms with E-state index in [9.17, 15) is 0 Å². The number of likely N-dealkylation sites (N-methyl/N-ethyl adjacent to an activating group) is 1. The van der Waals surface area contributed by atoms with Crippen molar-refractivity contribution >= 4 is 22.9 Å². The predicted molar refractivity (Wildman–Crippen MR) is 63.6 cm³/mol. The van der Waals surface area contributed by atoms with Gasteiger partial charge in [0.25, 0.3) is 0 Å². The molecule has 5 heteroatoms. The molecule has 0 saturated heterocycles. The molecule has 0 aliphatic heterocycles. The van der Waals surface area contributed by atoms with Crippen LogP contribution in [0.5, 0.6) is 0 Å². The first kappa shape index (κ1) is 12.9. The number of halogens is 1. The molecule has 0 spiro atoms. The van der Waals surface area contributed by atoms with Crippen molar-refractivity contribution in [3.05, 3.63) is 21.3 Å². The molecule has 1 aromatic rings.